The molecule has 2 fully saturated rings. The minimum atomic E-state index is 0.318. The Balaban J connectivity index is 1.34. The van der Waals surface area contributed by atoms with E-state index >= 15 is 0 Å². The summed E-state index contributed by atoms with van der Waals surface area (Å²) in [5, 5.41) is 10.3. The van der Waals surface area contributed by atoms with E-state index < -0.39 is 0 Å². The number of thioether (sulfide) groups is 1. The molecule has 0 N–H and O–H groups in total. The molecule has 1 atom stereocenters. The highest BCUT2D eigenvalue weighted by atomic mass is 32.2. The molecule has 4 heterocycles. The first-order valence-electron chi connectivity index (χ1n) is 11.8. The predicted molar refractivity (Wildman–Crippen MR) is 134 cm³/mol. The van der Waals surface area contributed by atoms with E-state index in [1.807, 2.05) is 23.5 Å². The highest BCUT2D eigenvalue weighted by Crippen LogP contribution is 2.34. The SMILES string of the molecule is COc1cccc(-n2c(SCC3CCCO3)nnc2C2CCN(Cc3ccc(C)s3)CC2)c1. The fraction of sp³-hybridized carbons (Fsp3) is 0.520. The number of hydrogen-bond acceptors (Lipinski definition) is 7. The van der Waals surface area contributed by atoms with Crippen molar-refractivity contribution in [3.05, 3.63) is 52.0 Å². The van der Waals surface area contributed by atoms with Gasteiger partial charge in [0.1, 0.15) is 11.6 Å². The smallest absolute Gasteiger partial charge is 0.195 e. The quantitative estimate of drug-likeness (QED) is 0.405. The van der Waals surface area contributed by atoms with Crippen LogP contribution < -0.4 is 4.74 Å². The number of rotatable bonds is 8. The zero-order valence-corrected chi connectivity index (χ0v) is 21.0. The van der Waals surface area contributed by atoms with Crippen LogP contribution in [0.4, 0.5) is 0 Å². The molecule has 1 unspecified atom stereocenters. The highest BCUT2D eigenvalue weighted by Gasteiger charge is 2.28. The maximum absolute atomic E-state index is 5.84. The van der Waals surface area contributed by atoms with E-state index in [0.717, 1.165) is 80.1 Å². The number of aryl methyl sites for hydroxylation is 1. The summed E-state index contributed by atoms with van der Waals surface area (Å²) in [7, 11) is 1.71. The zero-order valence-electron chi connectivity index (χ0n) is 19.4. The van der Waals surface area contributed by atoms with Gasteiger partial charge < -0.3 is 9.47 Å². The summed E-state index contributed by atoms with van der Waals surface area (Å²) in [5.74, 6) is 3.25. The van der Waals surface area contributed by atoms with E-state index in [9.17, 15) is 0 Å². The minimum absolute atomic E-state index is 0.318. The van der Waals surface area contributed by atoms with Gasteiger partial charge in [-0.15, -0.1) is 21.5 Å². The standard InChI is InChI=1S/C25H32N4O2S2/c1-18-8-9-23(33-18)16-28-12-10-19(11-13-28)24-26-27-25(32-17-22-7-4-14-31-22)29(24)20-5-3-6-21(15-20)30-2/h3,5-6,8-9,15,19,22H,4,7,10-14,16-17H2,1-2H3. The van der Waals surface area contributed by atoms with Crippen LogP contribution in [0.1, 0.15) is 47.2 Å². The van der Waals surface area contributed by atoms with Gasteiger partial charge >= 0.3 is 0 Å². The Kier molecular flexibility index (Phi) is 7.35. The number of methoxy groups -OCH3 is 1. The van der Waals surface area contributed by atoms with E-state index in [0.29, 0.717) is 12.0 Å². The lowest BCUT2D eigenvalue weighted by Crippen LogP contribution is -2.33. The molecule has 2 aliphatic heterocycles. The van der Waals surface area contributed by atoms with Gasteiger partial charge in [0.25, 0.3) is 0 Å². The van der Waals surface area contributed by atoms with Crippen LogP contribution in [-0.2, 0) is 11.3 Å². The predicted octanol–water partition coefficient (Wildman–Crippen LogP) is 5.30. The third-order valence-electron chi connectivity index (χ3n) is 6.52. The van der Waals surface area contributed by atoms with Gasteiger partial charge in [0.05, 0.1) is 18.9 Å². The molecule has 0 saturated carbocycles. The number of hydrogen-bond donors (Lipinski definition) is 0. The van der Waals surface area contributed by atoms with Crippen molar-refractivity contribution < 1.29 is 9.47 Å². The van der Waals surface area contributed by atoms with Crippen LogP contribution in [0.3, 0.4) is 0 Å². The van der Waals surface area contributed by atoms with Gasteiger partial charge in [0.2, 0.25) is 0 Å². The fourth-order valence-electron chi connectivity index (χ4n) is 4.71. The average Bonchev–Trinajstić information content (AvgIpc) is 3.60. The minimum Gasteiger partial charge on any atom is -0.497 e. The molecule has 0 spiro atoms. The molecular weight excluding hydrogens is 452 g/mol. The number of benzene rings is 1. The molecular formula is C25H32N4O2S2. The number of likely N-dealkylation sites (tertiary alicyclic amines) is 1. The largest absolute Gasteiger partial charge is 0.497 e. The summed E-state index contributed by atoms with van der Waals surface area (Å²) < 4.78 is 13.6. The molecule has 2 aromatic heterocycles. The van der Waals surface area contributed by atoms with Crippen LogP contribution in [0.25, 0.3) is 5.69 Å². The van der Waals surface area contributed by atoms with E-state index in [1.165, 1.54) is 9.75 Å². The number of nitrogens with zero attached hydrogens (tertiary/aromatic N) is 4. The molecule has 0 bridgehead atoms. The van der Waals surface area contributed by atoms with Crippen LogP contribution in [0, 0.1) is 6.92 Å². The van der Waals surface area contributed by atoms with Gasteiger partial charge in [-0.1, -0.05) is 17.8 Å². The summed E-state index contributed by atoms with van der Waals surface area (Å²) in [6, 6.07) is 12.7. The average molecular weight is 485 g/mol. The van der Waals surface area contributed by atoms with E-state index in [2.05, 4.69) is 45.8 Å². The first kappa shape index (κ1) is 22.9. The van der Waals surface area contributed by atoms with Crippen molar-refractivity contribution in [1.29, 1.82) is 0 Å². The topological polar surface area (TPSA) is 52.4 Å². The maximum atomic E-state index is 5.84. The summed E-state index contributed by atoms with van der Waals surface area (Å²) in [6.45, 7) is 6.29. The summed E-state index contributed by atoms with van der Waals surface area (Å²) in [5.41, 5.74) is 1.07. The van der Waals surface area contributed by atoms with Crippen molar-refractivity contribution in [2.24, 2.45) is 0 Å². The molecule has 2 saturated heterocycles. The number of piperidine rings is 1. The number of ether oxygens (including phenoxy) is 2. The summed E-state index contributed by atoms with van der Waals surface area (Å²) in [4.78, 5) is 5.42. The first-order chi connectivity index (χ1) is 16.2. The fourth-order valence-corrected chi connectivity index (χ4v) is 6.67. The molecule has 3 aromatic rings. The van der Waals surface area contributed by atoms with E-state index in [1.54, 1.807) is 18.9 Å². The molecule has 33 heavy (non-hydrogen) atoms. The summed E-state index contributed by atoms with van der Waals surface area (Å²) in [6.07, 6.45) is 4.81. The van der Waals surface area contributed by atoms with Crippen LogP contribution in [0.2, 0.25) is 0 Å². The monoisotopic (exact) mass is 484 g/mol. The van der Waals surface area contributed by atoms with Crippen molar-refractivity contribution in [1.82, 2.24) is 19.7 Å². The Morgan fingerprint density at radius 1 is 1.15 bits per heavy atom. The van der Waals surface area contributed by atoms with Crippen molar-refractivity contribution in [3.8, 4) is 11.4 Å². The molecule has 0 radical (unpaired) electrons. The van der Waals surface area contributed by atoms with Crippen LogP contribution in [0.15, 0.2) is 41.6 Å². The third-order valence-corrected chi connectivity index (χ3v) is 8.57. The maximum Gasteiger partial charge on any atom is 0.195 e. The molecule has 5 rings (SSSR count). The van der Waals surface area contributed by atoms with Gasteiger partial charge in [0, 0.05) is 40.6 Å². The van der Waals surface area contributed by atoms with E-state index in [-0.39, 0.29) is 0 Å². The second-order valence-electron chi connectivity index (χ2n) is 8.89. The lowest BCUT2D eigenvalue weighted by Gasteiger charge is -2.31. The Bertz CT molecular complexity index is 1050. The lowest BCUT2D eigenvalue weighted by molar-refractivity contribution is 0.129. The molecule has 8 heteroatoms. The van der Waals surface area contributed by atoms with Crippen molar-refractivity contribution in [2.75, 3.05) is 32.6 Å². The Hall–Kier alpha value is -1.87. The van der Waals surface area contributed by atoms with Crippen LogP contribution >= 0.6 is 23.1 Å². The van der Waals surface area contributed by atoms with Crippen molar-refractivity contribution in [3.63, 3.8) is 0 Å². The number of thiophene rings is 1. The second-order valence-corrected chi connectivity index (χ2v) is 11.2. The van der Waals surface area contributed by atoms with Crippen molar-refractivity contribution >= 4 is 23.1 Å². The van der Waals surface area contributed by atoms with Gasteiger partial charge in [0.15, 0.2) is 5.16 Å². The molecule has 2 aliphatic rings. The Morgan fingerprint density at radius 3 is 2.76 bits per heavy atom. The normalized spacial score (nSPS) is 19.9. The van der Waals surface area contributed by atoms with Gasteiger partial charge in [-0.3, -0.25) is 9.47 Å². The lowest BCUT2D eigenvalue weighted by atomic mass is 9.95. The summed E-state index contributed by atoms with van der Waals surface area (Å²) >= 11 is 3.66. The Morgan fingerprint density at radius 2 is 2.03 bits per heavy atom. The van der Waals surface area contributed by atoms with Crippen LogP contribution in [0.5, 0.6) is 5.75 Å². The number of aromatic nitrogens is 3. The molecule has 0 aliphatic carbocycles. The van der Waals surface area contributed by atoms with E-state index in [4.69, 9.17) is 14.6 Å². The van der Waals surface area contributed by atoms with Crippen molar-refractivity contribution in [2.45, 2.75) is 56.3 Å². The van der Waals surface area contributed by atoms with Crippen LogP contribution in [-0.4, -0.2) is 58.3 Å². The van der Waals surface area contributed by atoms with Gasteiger partial charge in [-0.25, -0.2) is 0 Å². The molecule has 176 valence electrons. The Labute approximate surface area is 204 Å². The van der Waals surface area contributed by atoms with Gasteiger partial charge in [-0.2, -0.15) is 0 Å². The second kappa shape index (κ2) is 10.6. The first-order valence-corrected chi connectivity index (χ1v) is 13.6. The highest BCUT2D eigenvalue weighted by molar-refractivity contribution is 7.99. The molecule has 1 aromatic carbocycles. The molecule has 6 nitrogen and oxygen atoms in total. The van der Waals surface area contributed by atoms with Gasteiger partial charge in [-0.05, 0) is 70.0 Å². The third kappa shape index (κ3) is 5.45. The zero-order chi connectivity index (χ0) is 22.6. The molecule has 0 amide bonds.